The maximum absolute atomic E-state index is 12.5. The molecule has 1 heterocycles. The second kappa shape index (κ2) is 11.8. The van der Waals surface area contributed by atoms with Gasteiger partial charge in [0, 0.05) is 47.0 Å². The Kier molecular flexibility index (Phi) is 8.29. The SMILES string of the molecule is O=Cc1ccc2c(c1)CCCC(c1ccc(Cl)cc1Cl)=C2c1ccc(NC2CCN(CCCF)C2)cc1. The van der Waals surface area contributed by atoms with Crippen molar-refractivity contribution in [2.45, 2.75) is 38.1 Å². The van der Waals surface area contributed by atoms with Crippen LogP contribution in [0.2, 0.25) is 10.0 Å². The zero-order chi connectivity index (χ0) is 25.8. The number of halogens is 3. The molecule has 0 aromatic heterocycles. The van der Waals surface area contributed by atoms with Crippen LogP contribution in [0.25, 0.3) is 11.1 Å². The van der Waals surface area contributed by atoms with Gasteiger partial charge < -0.3 is 10.2 Å². The summed E-state index contributed by atoms with van der Waals surface area (Å²) < 4.78 is 12.5. The molecule has 0 spiro atoms. The number of benzene rings is 3. The number of rotatable bonds is 8. The van der Waals surface area contributed by atoms with Crippen LogP contribution in [-0.2, 0) is 6.42 Å². The molecule has 6 heteroatoms. The van der Waals surface area contributed by atoms with Crippen LogP contribution in [0.15, 0.2) is 60.7 Å². The fraction of sp³-hybridized carbons (Fsp3) is 0.323. The van der Waals surface area contributed by atoms with Gasteiger partial charge in [0.1, 0.15) is 6.29 Å². The summed E-state index contributed by atoms with van der Waals surface area (Å²) in [7, 11) is 0. The van der Waals surface area contributed by atoms with Crippen molar-refractivity contribution in [3.8, 4) is 0 Å². The maximum atomic E-state index is 12.5. The highest BCUT2D eigenvalue weighted by Gasteiger charge is 2.24. The predicted molar refractivity (Wildman–Crippen MR) is 153 cm³/mol. The zero-order valence-corrected chi connectivity index (χ0v) is 22.3. The number of aryl methyl sites for hydroxylation is 1. The number of aldehydes is 1. The second-order valence-corrected chi connectivity index (χ2v) is 10.8. The third-order valence-electron chi connectivity index (χ3n) is 7.39. The van der Waals surface area contributed by atoms with E-state index in [1.54, 1.807) is 6.07 Å². The summed E-state index contributed by atoms with van der Waals surface area (Å²) in [6.07, 6.45) is 5.31. The van der Waals surface area contributed by atoms with E-state index in [2.05, 4.69) is 40.5 Å². The number of hydrogen-bond donors (Lipinski definition) is 1. The lowest BCUT2D eigenvalue weighted by Gasteiger charge is -2.19. The molecule has 3 aromatic carbocycles. The molecule has 3 nitrogen and oxygen atoms in total. The Bertz CT molecular complexity index is 1310. The van der Waals surface area contributed by atoms with E-state index in [0.717, 1.165) is 79.6 Å². The van der Waals surface area contributed by atoms with Crippen molar-refractivity contribution in [2.75, 3.05) is 31.6 Å². The van der Waals surface area contributed by atoms with Crippen LogP contribution < -0.4 is 5.32 Å². The van der Waals surface area contributed by atoms with Crippen LogP contribution in [0, 0.1) is 0 Å². The minimum absolute atomic E-state index is 0.255. The molecule has 1 fully saturated rings. The quantitative estimate of drug-likeness (QED) is 0.296. The minimum Gasteiger partial charge on any atom is -0.381 e. The summed E-state index contributed by atoms with van der Waals surface area (Å²) in [5.74, 6) is 0. The fourth-order valence-corrected chi connectivity index (χ4v) is 6.14. The van der Waals surface area contributed by atoms with E-state index in [1.807, 2.05) is 24.3 Å². The van der Waals surface area contributed by atoms with Gasteiger partial charge in [0.05, 0.1) is 6.67 Å². The first-order valence-electron chi connectivity index (χ1n) is 13.0. The van der Waals surface area contributed by atoms with Crippen molar-refractivity contribution < 1.29 is 9.18 Å². The van der Waals surface area contributed by atoms with Gasteiger partial charge in [0.25, 0.3) is 0 Å². The first kappa shape index (κ1) is 26.0. The zero-order valence-electron chi connectivity index (χ0n) is 20.8. The van der Waals surface area contributed by atoms with Gasteiger partial charge in [-0.2, -0.15) is 0 Å². The molecule has 1 unspecified atom stereocenters. The lowest BCUT2D eigenvalue weighted by Crippen LogP contribution is -2.27. The van der Waals surface area contributed by atoms with Crippen molar-refractivity contribution in [3.63, 3.8) is 0 Å². The lowest BCUT2D eigenvalue weighted by molar-refractivity contribution is 0.112. The van der Waals surface area contributed by atoms with E-state index in [4.69, 9.17) is 23.2 Å². The molecule has 1 N–H and O–H groups in total. The van der Waals surface area contributed by atoms with Gasteiger partial charge in [-0.25, -0.2) is 0 Å². The van der Waals surface area contributed by atoms with Crippen LogP contribution in [0.3, 0.4) is 0 Å². The Morgan fingerprint density at radius 2 is 1.81 bits per heavy atom. The van der Waals surface area contributed by atoms with Crippen molar-refractivity contribution in [1.29, 1.82) is 0 Å². The summed E-state index contributed by atoms with van der Waals surface area (Å²) in [5, 5.41) is 4.92. The molecule has 1 aliphatic carbocycles. The first-order valence-corrected chi connectivity index (χ1v) is 13.7. The number of nitrogens with zero attached hydrogens (tertiary/aromatic N) is 1. The van der Waals surface area contributed by atoms with Gasteiger partial charge in [0.2, 0.25) is 0 Å². The summed E-state index contributed by atoms with van der Waals surface area (Å²) >= 11 is 12.9. The lowest BCUT2D eigenvalue weighted by atomic mass is 9.87. The molecular formula is C31H31Cl2FN2O. The number of alkyl halides is 1. The number of carbonyl (C=O) groups excluding carboxylic acids is 1. The summed E-state index contributed by atoms with van der Waals surface area (Å²) in [5.41, 5.74) is 8.56. The number of carbonyl (C=O) groups is 1. The van der Waals surface area contributed by atoms with Crippen LogP contribution in [0.4, 0.5) is 10.1 Å². The Morgan fingerprint density at radius 1 is 1.00 bits per heavy atom. The third kappa shape index (κ3) is 5.93. The normalized spacial score (nSPS) is 18.0. The molecule has 37 heavy (non-hydrogen) atoms. The van der Waals surface area contributed by atoms with Gasteiger partial charge >= 0.3 is 0 Å². The Balaban J connectivity index is 1.50. The largest absolute Gasteiger partial charge is 0.381 e. The third-order valence-corrected chi connectivity index (χ3v) is 7.94. The summed E-state index contributed by atoms with van der Waals surface area (Å²) in [6.45, 7) is 2.52. The molecule has 0 saturated carbocycles. The maximum Gasteiger partial charge on any atom is 0.150 e. The van der Waals surface area contributed by atoms with Crippen LogP contribution in [-0.4, -0.2) is 43.5 Å². The topological polar surface area (TPSA) is 32.3 Å². The van der Waals surface area contributed by atoms with Gasteiger partial charge in [-0.1, -0.05) is 53.5 Å². The number of nitrogens with one attached hydrogen (secondary N) is 1. The number of hydrogen-bond acceptors (Lipinski definition) is 3. The van der Waals surface area contributed by atoms with E-state index < -0.39 is 0 Å². The number of likely N-dealkylation sites (tertiary alicyclic amines) is 1. The van der Waals surface area contributed by atoms with Crippen molar-refractivity contribution >= 4 is 46.3 Å². The monoisotopic (exact) mass is 536 g/mol. The average Bonchev–Trinajstić information content (AvgIpc) is 3.26. The summed E-state index contributed by atoms with van der Waals surface area (Å²) in [4.78, 5) is 13.8. The highest BCUT2D eigenvalue weighted by Crippen LogP contribution is 2.42. The van der Waals surface area contributed by atoms with Gasteiger partial charge in [0.15, 0.2) is 0 Å². The van der Waals surface area contributed by atoms with E-state index in [-0.39, 0.29) is 6.67 Å². The predicted octanol–water partition coefficient (Wildman–Crippen LogP) is 7.95. The first-order chi connectivity index (χ1) is 18.1. The number of allylic oxidation sites excluding steroid dienone is 1. The molecule has 0 radical (unpaired) electrons. The van der Waals surface area contributed by atoms with E-state index in [1.165, 1.54) is 11.1 Å². The van der Waals surface area contributed by atoms with Crippen LogP contribution in [0.5, 0.6) is 0 Å². The van der Waals surface area contributed by atoms with Crippen molar-refractivity contribution in [3.05, 3.63) is 98.5 Å². The van der Waals surface area contributed by atoms with Crippen LogP contribution >= 0.6 is 23.2 Å². The molecule has 0 bridgehead atoms. The van der Waals surface area contributed by atoms with Crippen molar-refractivity contribution in [1.82, 2.24) is 4.90 Å². The standard InChI is InChI=1S/C31H31Cl2FN2O/c32-24-8-12-28(30(33)18-24)29-4-1-3-23-17-21(20-37)5-11-27(23)31(29)22-6-9-25(10-7-22)35-26-13-16-36(19-26)15-2-14-34/h5-12,17-18,20,26,35H,1-4,13-16,19H2. The smallest absolute Gasteiger partial charge is 0.150 e. The molecule has 1 atom stereocenters. The van der Waals surface area contributed by atoms with Gasteiger partial charge in [-0.3, -0.25) is 9.18 Å². The molecule has 0 amide bonds. The highest BCUT2D eigenvalue weighted by atomic mass is 35.5. The highest BCUT2D eigenvalue weighted by molar-refractivity contribution is 6.36. The summed E-state index contributed by atoms with van der Waals surface area (Å²) in [6, 6.07) is 20.7. The Morgan fingerprint density at radius 3 is 2.57 bits per heavy atom. The molecule has 5 rings (SSSR count). The number of fused-ring (bicyclic) bond motifs is 1. The average molecular weight is 538 g/mol. The second-order valence-electron chi connectivity index (χ2n) is 9.92. The van der Waals surface area contributed by atoms with Crippen LogP contribution in [0.1, 0.15) is 58.3 Å². The molecule has 3 aromatic rings. The molecule has 2 aliphatic rings. The Hall–Kier alpha value is -2.66. The van der Waals surface area contributed by atoms with Gasteiger partial charge in [-0.05, 0) is 95.8 Å². The van der Waals surface area contributed by atoms with E-state index in [0.29, 0.717) is 28.1 Å². The fourth-order valence-electron chi connectivity index (χ4n) is 5.62. The van der Waals surface area contributed by atoms with E-state index >= 15 is 0 Å². The van der Waals surface area contributed by atoms with Crippen molar-refractivity contribution in [2.24, 2.45) is 0 Å². The molecule has 1 aliphatic heterocycles. The molecule has 192 valence electrons. The Labute approximate surface area is 228 Å². The minimum atomic E-state index is -0.255. The molecular weight excluding hydrogens is 506 g/mol. The van der Waals surface area contributed by atoms with E-state index in [9.17, 15) is 9.18 Å². The number of anilines is 1. The van der Waals surface area contributed by atoms with Gasteiger partial charge in [-0.15, -0.1) is 0 Å². The molecule has 1 saturated heterocycles.